The van der Waals surface area contributed by atoms with Gasteiger partial charge in [0.15, 0.2) is 0 Å². The number of aromatic nitrogens is 5. The highest BCUT2D eigenvalue weighted by molar-refractivity contribution is 5.97. The predicted molar refractivity (Wildman–Crippen MR) is 118 cm³/mol. The van der Waals surface area contributed by atoms with Crippen molar-refractivity contribution in [3.8, 4) is 11.4 Å². The molecule has 0 aromatic carbocycles. The van der Waals surface area contributed by atoms with Crippen molar-refractivity contribution in [3.63, 3.8) is 0 Å². The summed E-state index contributed by atoms with van der Waals surface area (Å²) in [4.78, 5) is 28.9. The summed E-state index contributed by atoms with van der Waals surface area (Å²) in [7, 11) is 0. The van der Waals surface area contributed by atoms with E-state index in [1.54, 1.807) is 18.0 Å². The molecule has 0 aliphatic carbocycles. The number of hydrogen-bond donors (Lipinski definition) is 1. The standard InChI is InChI=1S/C24H25F3N6O/c1-13-18(24(25,26)27)15(6-10-28-13)21(34)33-22(3)8-5-9-23(33,4)20-16(12-22)19(30-14(2)31-20)17-7-11-29-32-17/h6-7,10-11H,5,8-9,12H2,1-4H3,(H,29,32)/t22?,23-/m0/s1. The Morgan fingerprint density at radius 3 is 2.56 bits per heavy atom. The number of carbonyl (C=O) groups is 1. The van der Waals surface area contributed by atoms with Gasteiger partial charge in [0.05, 0.1) is 39.4 Å². The van der Waals surface area contributed by atoms with Crippen molar-refractivity contribution in [1.29, 1.82) is 0 Å². The van der Waals surface area contributed by atoms with E-state index >= 15 is 0 Å². The molecule has 7 nitrogen and oxygen atoms in total. The Morgan fingerprint density at radius 2 is 1.88 bits per heavy atom. The summed E-state index contributed by atoms with van der Waals surface area (Å²) in [5.41, 5.74) is -0.0884. The zero-order chi connectivity index (χ0) is 24.5. The number of piperidine rings is 1. The van der Waals surface area contributed by atoms with E-state index in [2.05, 4.69) is 20.2 Å². The van der Waals surface area contributed by atoms with E-state index in [9.17, 15) is 18.0 Å². The molecule has 1 N–H and O–H groups in total. The van der Waals surface area contributed by atoms with Crippen molar-refractivity contribution < 1.29 is 18.0 Å². The van der Waals surface area contributed by atoms with Crippen LogP contribution in [0, 0.1) is 13.8 Å². The monoisotopic (exact) mass is 470 g/mol. The fourth-order valence-electron chi connectivity index (χ4n) is 5.92. The fourth-order valence-corrected chi connectivity index (χ4v) is 5.92. The van der Waals surface area contributed by atoms with Crippen LogP contribution in [0.4, 0.5) is 13.2 Å². The maximum Gasteiger partial charge on any atom is 0.418 e. The van der Waals surface area contributed by atoms with Crippen molar-refractivity contribution >= 4 is 5.91 Å². The van der Waals surface area contributed by atoms with Gasteiger partial charge in [-0.3, -0.25) is 14.9 Å². The smallest absolute Gasteiger partial charge is 0.322 e. The van der Waals surface area contributed by atoms with E-state index in [-0.39, 0.29) is 11.3 Å². The number of alkyl halides is 3. The number of aromatic amines is 1. The van der Waals surface area contributed by atoms with Gasteiger partial charge in [0.25, 0.3) is 5.91 Å². The normalized spacial score (nSPS) is 24.1. The summed E-state index contributed by atoms with van der Waals surface area (Å²) >= 11 is 0. The topological polar surface area (TPSA) is 87.7 Å². The third-order valence-corrected chi connectivity index (χ3v) is 7.21. The van der Waals surface area contributed by atoms with Crippen LogP contribution in [0.2, 0.25) is 0 Å². The van der Waals surface area contributed by atoms with E-state index in [4.69, 9.17) is 4.98 Å². The number of nitrogens with zero attached hydrogens (tertiary/aromatic N) is 5. The number of carbonyl (C=O) groups excluding carboxylic acids is 1. The van der Waals surface area contributed by atoms with Crippen LogP contribution in [0.1, 0.15) is 71.8 Å². The summed E-state index contributed by atoms with van der Waals surface area (Å²) in [5.74, 6) is -0.116. The fraction of sp³-hybridized carbons (Fsp3) is 0.458. The van der Waals surface area contributed by atoms with E-state index in [0.717, 1.165) is 23.4 Å². The number of nitrogens with one attached hydrogen (secondary N) is 1. The average molecular weight is 470 g/mol. The van der Waals surface area contributed by atoms with Crippen LogP contribution in [0.15, 0.2) is 24.5 Å². The summed E-state index contributed by atoms with van der Waals surface area (Å²) < 4.78 is 41.9. The molecule has 2 aliphatic heterocycles. The van der Waals surface area contributed by atoms with Gasteiger partial charge in [0.1, 0.15) is 5.82 Å². The Bertz CT molecular complexity index is 1290. The van der Waals surface area contributed by atoms with E-state index in [1.165, 1.54) is 19.2 Å². The lowest BCUT2D eigenvalue weighted by atomic mass is 9.67. The highest BCUT2D eigenvalue weighted by Gasteiger charge is 2.56. The third-order valence-electron chi connectivity index (χ3n) is 7.21. The molecule has 2 aliphatic rings. The minimum absolute atomic E-state index is 0.212. The number of aryl methyl sites for hydroxylation is 2. The largest absolute Gasteiger partial charge is 0.418 e. The van der Waals surface area contributed by atoms with Gasteiger partial charge < -0.3 is 4.90 Å². The number of hydrogen-bond acceptors (Lipinski definition) is 5. The number of halogens is 3. The average Bonchev–Trinajstić information content (AvgIpc) is 3.27. The van der Waals surface area contributed by atoms with Crippen molar-refractivity contribution in [3.05, 3.63) is 58.4 Å². The minimum atomic E-state index is -4.69. The molecule has 34 heavy (non-hydrogen) atoms. The lowest BCUT2D eigenvalue weighted by molar-refractivity contribution is -0.139. The van der Waals surface area contributed by atoms with Crippen molar-refractivity contribution in [2.24, 2.45) is 0 Å². The van der Waals surface area contributed by atoms with Crippen molar-refractivity contribution in [1.82, 2.24) is 30.0 Å². The Hall–Kier alpha value is -3.30. The molecule has 10 heteroatoms. The first-order chi connectivity index (χ1) is 16.0. The Morgan fingerprint density at radius 1 is 1.12 bits per heavy atom. The van der Waals surface area contributed by atoms with Crippen LogP contribution < -0.4 is 0 Å². The molecular weight excluding hydrogens is 445 g/mol. The molecule has 1 fully saturated rings. The molecule has 2 bridgehead atoms. The van der Waals surface area contributed by atoms with Crippen LogP contribution in [-0.2, 0) is 18.1 Å². The molecule has 5 rings (SSSR count). The van der Waals surface area contributed by atoms with Crippen LogP contribution in [0.25, 0.3) is 11.4 Å². The molecule has 0 saturated carbocycles. The molecule has 1 unspecified atom stereocenters. The lowest BCUT2D eigenvalue weighted by Gasteiger charge is -2.59. The quantitative estimate of drug-likeness (QED) is 0.584. The number of amides is 1. The highest BCUT2D eigenvalue weighted by Crippen LogP contribution is 2.53. The molecule has 178 valence electrons. The minimum Gasteiger partial charge on any atom is -0.322 e. The van der Waals surface area contributed by atoms with Gasteiger partial charge in [0.2, 0.25) is 0 Å². The predicted octanol–water partition coefficient (Wildman–Crippen LogP) is 4.75. The summed E-state index contributed by atoms with van der Waals surface area (Å²) in [6.45, 7) is 6.91. The Kier molecular flexibility index (Phi) is 4.86. The number of fused-ring (bicyclic) bond motifs is 4. The van der Waals surface area contributed by atoms with Gasteiger partial charge in [-0.25, -0.2) is 9.97 Å². The third kappa shape index (κ3) is 3.22. The zero-order valence-corrected chi connectivity index (χ0v) is 19.4. The first-order valence-corrected chi connectivity index (χ1v) is 11.2. The van der Waals surface area contributed by atoms with Crippen molar-refractivity contribution in [2.75, 3.05) is 0 Å². The van der Waals surface area contributed by atoms with Crippen LogP contribution in [0.3, 0.4) is 0 Å². The van der Waals surface area contributed by atoms with Crippen LogP contribution in [-0.4, -0.2) is 41.5 Å². The Balaban J connectivity index is 1.73. The van der Waals surface area contributed by atoms with Crippen molar-refractivity contribution in [2.45, 2.75) is 70.6 Å². The lowest BCUT2D eigenvalue weighted by Crippen LogP contribution is -2.66. The first-order valence-electron chi connectivity index (χ1n) is 11.2. The van der Waals surface area contributed by atoms with Gasteiger partial charge in [-0.2, -0.15) is 18.3 Å². The Labute approximate surface area is 194 Å². The van der Waals surface area contributed by atoms with Gasteiger partial charge in [0, 0.05) is 23.5 Å². The zero-order valence-electron chi connectivity index (χ0n) is 19.4. The summed E-state index contributed by atoms with van der Waals surface area (Å²) in [6.07, 6.45) is 0.733. The molecular formula is C24H25F3N6O. The molecule has 1 saturated heterocycles. The summed E-state index contributed by atoms with van der Waals surface area (Å²) in [6, 6.07) is 3.01. The SMILES string of the molecule is Cc1nc(-c2ccn[nH]2)c2c(n1)[C@]1(C)CCCC(C)(C2)N1C(=O)c1ccnc(C)c1C(F)(F)F. The second kappa shape index (κ2) is 7.35. The van der Waals surface area contributed by atoms with E-state index < -0.39 is 28.7 Å². The molecule has 0 radical (unpaired) electrons. The first kappa shape index (κ1) is 22.5. The molecule has 5 heterocycles. The molecule has 3 aromatic heterocycles. The second-order valence-corrected chi connectivity index (χ2v) is 9.68. The molecule has 0 spiro atoms. The molecule has 1 amide bonds. The number of H-pyrrole nitrogens is 1. The van der Waals surface area contributed by atoms with Gasteiger partial charge in [-0.05, 0) is 65.5 Å². The molecule has 2 atom stereocenters. The van der Waals surface area contributed by atoms with Crippen LogP contribution in [0.5, 0.6) is 0 Å². The van der Waals surface area contributed by atoms with Gasteiger partial charge in [-0.15, -0.1) is 0 Å². The maximum atomic E-state index is 14.0. The van der Waals surface area contributed by atoms with Gasteiger partial charge >= 0.3 is 6.18 Å². The second-order valence-electron chi connectivity index (χ2n) is 9.68. The van der Waals surface area contributed by atoms with E-state index in [1.807, 2.05) is 19.9 Å². The van der Waals surface area contributed by atoms with Crippen LogP contribution >= 0.6 is 0 Å². The van der Waals surface area contributed by atoms with Gasteiger partial charge in [-0.1, -0.05) is 0 Å². The maximum absolute atomic E-state index is 14.0. The number of rotatable bonds is 2. The summed E-state index contributed by atoms with van der Waals surface area (Å²) in [5, 5.41) is 7.00. The number of pyridine rings is 1. The highest BCUT2D eigenvalue weighted by atomic mass is 19.4. The van der Waals surface area contributed by atoms with E-state index in [0.29, 0.717) is 30.8 Å². The molecule has 3 aromatic rings.